The lowest BCUT2D eigenvalue weighted by Crippen LogP contribution is -2.33. The smallest absolute Gasteiger partial charge is 0.446 e. The molecule has 0 aliphatic carbocycles. The molecule has 5 heterocycles. The lowest BCUT2D eigenvalue weighted by atomic mass is 10.2. The van der Waals surface area contributed by atoms with Crippen molar-refractivity contribution in [2.45, 2.75) is 101 Å². The summed E-state index contributed by atoms with van der Waals surface area (Å²) in [5, 5.41) is 9.32. The van der Waals surface area contributed by atoms with Gasteiger partial charge in [0.15, 0.2) is 63.2 Å². The van der Waals surface area contributed by atoms with Crippen molar-refractivity contribution >= 4 is 165 Å². The van der Waals surface area contributed by atoms with Crippen molar-refractivity contribution in [3.63, 3.8) is 0 Å². The fourth-order valence-electron chi connectivity index (χ4n) is 9.60. The number of nitrogens with two attached hydrogens (primary N) is 1. The van der Waals surface area contributed by atoms with Gasteiger partial charge in [0.2, 0.25) is 26.8 Å². The number of carbonyl (C=O) groups excluding carboxylic acids is 1. The largest absolute Gasteiger partial charge is 0.508 e. The normalized spacial score (nSPS) is 10.9. The van der Waals surface area contributed by atoms with E-state index in [-0.39, 0.29) is 94.5 Å². The Bertz CT molecular complexity index is 7030. The Morgan fingerprint density at radius 1 is 0.392 bits per heavy atom. The number of sulfonamides is 4. The zero-order chi connectivity index (χ0) is 106. The molecule has 786 valence electrons. The van der Waals surface area contributed by atoms with Gasteiger partial charge >= 0.3 is 6.18 Å². The quantitative estimate of drug-likeness (QED) is 0.0103. The van der Waals surface area contributed by atoms with Crippen molar-refractivity contribution in [3.8, 4) is 46.0 Å². The van der Waals surface area contributed by atoms with Gasteiger partial charge in [0.1, 0.15) is 136 Å². The highest BCUT2D eigenvalue weighted by Crippen LogP contribution is 2.38. The summed E-state index contributed by atoms with van der Waals surface area (Å²) in [6, 6.07) is 18.4. The molecule has 5 aromatic heterocycles. The number of halogens is 18. The highest BCUT2D eigenvalue weighted by Gasteiger charge is 2.35. The van der Waals surface area contributed by atoms with Crippen LogP contribution in [0.2, 0.25) is 0 Å². The second-order valence-electron chi connectivity index (χ2n) is 26.3. The molecule has 8 aromatic carbocycles. The summed E-state index contributed by atoms with van der Waals surface area (Å²) in [4.78, 5) is 23.1. The molecule has 7 N–H and O–H groups in total. The number of nitrogens with one attached hydrogen (secondary N) is 2. The number of phenols is 1. The molecule has 13 aromatic rings. The number of rotatable bonds is 25. The van der Waals surface area contributed by atoms with E-state index in [0.29, 0.717) is 84.1 Å². The van der Waals surface area contributed by atoms with Crippen molar-refractivity contribution in [3.05, 3.63) is 237 Å². The fourth-order valence-corrected chi connectivity index (χ4v) is 19.2. The van der Waals surface area contributed by atoms with Crippen LogP contribution in [0.5, 0.6) is 46.0 Å². The van der Waals surface area contributed by atoms with Gasteiger partial charge in [-0.2, -0.15) is 35.0 Å². The van der Waals surface area contributed by atoms with Crippen LogP contribution in [0, 0.1) is 131 Å². The van der Waals surface area contributed by atoms with Crippen molar-refractivity contribution < 1.29 is 166 Å². The third-order valence-corrected chi connectivity index (χ3v) is 27.5. The number of aryl methyl sites for hydroxylation is 8. The Hall–Kier alpha value is -11.7. The van der Waals surface area contributed by atoms with Crippen LogP contribution in [0.15, 0.2) is 140 Å². The summed E-state index contributed by atoms with van der Waals surface area (Å²) < 4.78 is 391. The molecule has 0 radical (unpaired) electrons. The predicted octanol–water partition coefficient (Wildman–Crippen LogP) is 18.5. The number of ether oxygens (including phenoxy) is 8. The Kier molecular flexibility index (Phi) is 50.8. The van der Waals surface area contributed by atoms with E-state index in [1.54, 1.807) is 78.3 Å². The minimum atomic E-state index is -4.64. The minimum absolute atomic E-state index is 0. The molecule has 0 atom stereocenters. The number of anilines is 5. The number of hydrogen-bond donors (Lipinski definition) is 4. The third-order valence-electron chi connectivity index (χ3n) is 15.4. The molecule has 0 spiro atoms. The van der Waals surface area contributed by atoms with E-state index in [2.05, 4.69) is 72.2 Å². The summed E-state index contributed by atoms with van der Waals surface area (Å²) >= 11 is 7.32. The number of alkyl halides is 4. The minimum Gasteiger partial charge on any atom is -0.508 e. The van der Waals surface area contributed by atoms with E-state index in [1.807, 2.05) is 24.6 Å². The molecule has 0 bridgehead atoms. The van der Waals surface area contributed by atoms with Crippen LogP contribution >= 0.6 is 84.3 Å². The fraction of sp³-hybridized carbons (Fsp3) is 0.253. The zero-order valence-corrected chi connectivity index (χ0v) is 84.7. The van der Waals surface area contributed by atoms with E-state index in [9.17, 15) is 112 Å². The Balaban J connectivity index is 0.000000572. The zero-order valence-electron chi connectivity index (χ0n) is 74.2. The number of carbonyl (C=O) groups is 1. The Labute approximate surface area is 840 Å². The molecule has 0 amide bonds. The molecule has 0 unspecified atom stereocenters. The number of benzene rings is 8. The lowest BCUT2D eigenvalue weighted by Gasteiger charge is -2.21. The number of aldehydes is 1. The molecule has 13 rings (SSSR count). The summed E-state index contributed by atoms with van der Waals surface area (Å²) in [6.45, 7) is 12.5. The van der Waals surface area contributed by atoms with Gasteiger partial charge in [0, 0.05) is 162 Å². The summed E-state index contributed by atoms with van der Waals surface area (Å²) in [5.74, 6) is -14.1. The van der Waals surface area contributed by atoms with Crippen molar-refractivity contribution in [1.29, 1.82) is 0 Å². The first-order valence-corrected chi connectivity index (χ1v) is 50.2. The monoisotopic (exact) mass is 2320 g/mol. The SMILES string of the molecule is C.C.COCBr.COCN(c1nc(C)ns1)S(=O)(=O)c1cc(F)c(F)cc1F.COCN(c1nc(C)ns1)S(=O)(=O)c1cc(F)c(Oc2cc(C)cc(OC)c2)cc1F.COc1cc(C)cc(O)c1.COc1cc(C)cc(Oc2cc(F)c(S(=O)(=O)Nc3nc(C)ns3)cc2F)c1.Cc1nsc(N)n1.Cc1nsc(NS(=O)(=O)c2cc(F)c(F)cc2F)n1.O.O=CC(F)(F)F.O=S(=O)(Cl)c1cc(F)c(F)cc1F. The molecule has 0 saturated heterocycles. The van der Waals surface area contributed by atoms with Crippen LogP contribution in [0.4, 0.5) is 95.9 Å². The van der Waals surface area contributed by atoms with E-state index in [1.165, 1.54) is 66.0 Å². The molecular weight excluding hydrogens is 2230 g/mol. The maximum absolute atomic E-state index is 14.8. The van der Waals surface area contributed by atoms with E-state index in [0.717, 1.165) is 68.6 Å². The van der Waals surface area contributed by atoms with Crippen molar-refractivity contribution in [2.75, 3.05) is 85.4 Å². The van der Waals surface area contributed by atoms with Gasteiger partial charge in [0.05, 0.1) is 21.3 Å². The molecular formula is C79H83BrClF16N15O21S10. The molecule has 36 nitrogen and oxygen atoms in total. The van der Waals surface area contributed by atoms with Gasteiger partial charge in [-0.3, -0.25) is 14.2 Å². The van der Waals surface area contributed by atoms with Crippen LogP contribution in [0.3, 0.4) is 0 Å². The van der Waals surface area contributed by atoms with Crippen LogP contribution in [-0.2, 0) is 68.1 Å². The Morgan fingerprint density at radius 3 is 0.965 bits per heavy atom. The Morgan fingerprint density at radius 2 is 0.671 bits per heavy atom. The first-order chi connectivity index (χ1) is 65.2. The van der Waals surface area contributed by atoms with Gasteiger partial charge in [-0.25, -0.2) is 133 Å². The second kappa shape index (κ2) is 57.1. The van der Waals surface area contributed by atoms with Gasteiger partial charge in [-0.1, -0.05) is 30.8 Å². The van der Waals surface area contributed by atoms with Gasteiger partial charge in [-0.05, 0) is 115 Å². The molecule has 0 aliphatic rings. The van der Waals surface area contributed by atoms with Crippen LogP contribution < -0.4 is 47.5 Å². The number of nitrogens with zero attached hydrogens (tertiary/aromatic N) is 12. The first-order valence-electron chi connectivity index (χ1n) is 37.0. The van der Waals surface area contributed by atoms with E-state index in [4.69, 9.17) is 59.5 Å². The number of aromatic nitrogens is 10. The number of aromatic hydroxyl groups is 1. The molecule has 0 fully saturated rings. The average molecular weight is 2320 g/mol. The third kappa shape index (κ3) is 39.4. The van der Waals surface area contributed by atoms with Crippen molar-refractivity contribution in [1.82, 2.24) is 46.8 Å². The number of phenolic OH excluding ortho intramolecular Hbond substituents is 1. The van der Waals surface area contributed by atoms with E-state index < -0.39 is 187 Å². The topological polar surface area (TPSA) is 499 Å². The van der Waals surface area contributed by atoms with Crippen LogP contribution in [0.25, 0.3) is 0 Å². The summed E-state index contributed by atoms with van der Waals surface area (Å²) in [6.07, 6.45) is -5.70. The maximum atomic E-state index is 14.8. The summed E-state index contributed by atoms with van der Waals surface area (Å²) in [5.41, 5.74) is 8.41. The molecule has 64 heteroatoms. The average Bonchev–Trinajstić information content (AvgIpc) is 1.75. The molecule has 143 heavy (non-hydrogen) atoms. The highest BCUT2D eigenvalue weighted by molar-refractivity contribution is 9.09. The second-order valence-corrected chi connectivity index (χ2v) is 40.0. The van der Waals surface area contributed by atoms with Gasteiger partial charge < -0.3 is 54.2 Å². The van der Waals surface area contributed by atoms with Crippen molar-refractivity contribution in [2.24, 2.45) is 0 Å². The van der Waals surface area contributed by atoms with Gasteiger partial charge in [-0.15, -0.1) is 0 Å². The van der Waals surface area contributed by atoms with E-state index >= 15 is 0 Å². The molecule has 0 saturated carbocycles. The standard InChI is InChI=1S/C19H19F2N3O5S2.C17H15F2N3O4S2.C11H10F3N3O3S2.C9H6F3N3O2S2.C8H10O2.C6H2ClF3O2S.C3H5N3S.C2H5BrO.C2HF3O.2CH4.H2O/c1-11-5-13(28-4)7-14(6-11)29-17-8-16(21)18(9-15(17)20)31(25,26)24(10-27-3)19-22-12(2)23-30-19;1-9-4-11(25-3)6-12(5-9)26-15-7-14(19)16(8-13(15)18)28(23,24)22-17-20-10(2)21-27-17;1-6-15-11(21-16-6)17(5-20-2)22(18,19)10-4-8(13)7(12)3-9(10)14;1-4-13-9(18-14-4)15-19(16,17)8-3-6(11)5(10)2-7(8)12;1-6-3-7(9)5-8(4-6)10-2;7-13(11,12)6-2-4(9)3(8)1-5(6)10;1-2-5-3(4)7-6-2;1-4-2-3;3-2(4,5)1-6;;;/h5-9H,10H2,1-4H3;4-8H,1-3H3,(H,20,21,22);3-4H,5H2,1-2H3;2-3H,1H3,(H,13,14,15);3-5,9H,1-2H3;1-2H;1H3,(H2,4,5,6);2H2,1H3;1H;2*1H4;1H2. The highest BCUT2D eigenvalue weighted by atomic mass is 79.9. The number of methoxy groups -OCH3 is 6. The van der Waals surface area contributed by atoms with Crippen LogP contribution in [0.1, 0.15) is 60.7 Å². The van der Waals surface area contributed by atoms with Gasteiger partial charge in [0.25, 0.3) is 49.1 Å². The number of hydrogen-bond acceptors (Lipinski definition) is 36. The van der Waals surface area contributed by atoms with Crippen LogP contribution in [-0.4, -0.2) is 174 Å². The maximum Gasteiger partial charge on any atom is 0.446 e. The lowest BCUT2D eigenvalue weighted by molar-refractivity contribution is -0.156. The summed E-state index contributed by atoms with van der Waals surface area (Å²) in [7, 11) is -8.89. The molecule has 0 aliphatic heterocycles. The number of nitrogen functional groups attached to an aromatic ring is 1. The first kappa shape index (κ1) is 127. The predicted molar refractivity (Wildman–Crippen MR) is 502 cm³/mol.